The van der Waals surface area contributed by atoms with E-state index in [0.29, 0.717) is 0 Å². The van der Waals surface area contributed by atoms with Crippen molar-refractivity contribution >= 4 is 8.32 Å². The van der Waals surface area contributed by atoms with Gasteiger partial charge in [0.05, 0.1) is 5.60 Å². The largest absolute Gasteiger partial charge is 0.417 e. The van der Waals surface area contributed by atoms with Crippen LogP contribution in [0, 0.1) is 0 Å². The topological polar surface area (TPSA) is 38.7 Å². The lowest BCUT2D eigenvalue weighted by Gasteiger charge is -2.19. The molecule has 0 aromatic heterocycles. The Labute approximate surface area is 125 Å². The number of methoxy groups -OCH3 is 1. The van der Waals surface area contributed by atoms with Crippen molar-refractivity contribution in [1.82, 2.24) is 0 Å². The summed E-state index contributed by atoms with van der Waals surface area (Å²) < 4.78 is 10.1. The third kappa shape index (κ3) is 9.26. The average molecular weight is 298 g/mol. The lowest BCUT2D eigenvalue weighted by atomic mass is 9.97. The Morgan fingerprint density at radius 3 is 1.85 bits per heavy atom. The van der Waals surface area contributed by atoms with Crippen molar-refractivity contribution in [3.8, 4) is 0 Å². The Hall–Kier alpha value is -0.683. The Morgan fingerprint density at radius 2 is 1.50 bits per heavy atom. The number of rotatable bonds is 5. The van der Waals surface area contributed by atoms with Gasteiger partial charge in [0.1, 0.15) is 0 Å². The summed E-state index contributed by atoms with van der Waals surface area (Å²) in [6.45, 7) is 11.0. The molecule has 1 rings (SSSR count). The Kier molecular flexibility index (Phi) is 8.28. The van der Waals surface area contributed by atoms with E-state index in [1.54, 1.807) is 28.1 Å². The fourth-order valence-electron chi connectivity index (χ4n) is 1.55. The minimum absolute atomic E-state index is 0.757. The minimum atomic E-state index is -1.39. The molecule has 1 aromatic carbocycles. The molecule has 0 aliphatic heterocycles. The van der Waals surface area contributed by atoms with Crippen LogP contribution < -0.4 is 0 Å². The van der Waals surface area contributed by atoms with Gasteiger partial charge in [-0.25, -0.2) is 0 Å². The first kappa shape index (κ1) is 19.3. The molecule has 0 saturated heterocycles. The van der Waals surface area contributed by atoms with Crippen LogP contribution in [0.3, 0.4) is 0 Å². The molecule has 4 heteroatoms. The van der Waals surface area contributed by atoms with Crippen molar-refractivity contribution in [2.24, 2.45) is 0 Å². The van der Waals surface area contributed by atoms with Gasteiger partial charge in [0, 0.05) is 20.8 Å². The van der Waals surface area contributed by atoms with Crippen molar-refractivity contribution in [2.45, 2.75) is 45.5 Å². The van der Waals surface area contributed by atoms with Crippen LogP contribution in [0.25, 0.3) is 0 Å². The molecule has 0 aliphatic rings. The van der Waals surface area contributed by atoms with Crippen molar-refractivity contribution in [1.29, 1.82) is 0 Å². The van der Waals surface area contributed by atoms with E-state index in [2.05, 4.69) is 36.5 Å². The van der Waals surface area contributed by atoms with Crippen molar-refractivity contribution in [2.75, 3.05) is 20.8 Å². The fourth-order valence-corrected chi connectivity index (χ4v) is 2.27. The van der Waals surface area contributed by atoms with Crippen molar-refractivity contribution in [3.63, 3.8) is 0 Å². The van der Waals surface area contributed by atoms with E-state index in [-0.39, 0.29) is 0 Å². The molecule has 0 bridgehead atoms. The van der Waals surface area contributed by atoms with E-state index in [4.69, 9.17) is 4.43 Å². The van der Waals surface area contributed by atoms with E-state index in [9.17, 15) is 5.11 Å². The van der Waals surface area contributed by atoms with Gasteiger partial charge in [-0.2, -0.15) is 0 Å². The van der Waals surface area contributed by atoms with Crippen LogP contribution >= 0.6 is 0 Å². The van der Waals surface area contributed by atoms with Crippen LogP contribution in [0.1, 0.15) is 25.0 Å². The summed E-state index contributed by atoms with van der Waals surface area (Å²) in [5, 5.41) is 9.84. The van der Waals surface area contributed by atoms with E-state index in [0.717, 1.165) is 18.6 Å². The molecule has 0 unspecified atom stereocenters. The van der Waals surface area contributed by atoms with Crippen molar-refractivity contribution < 1.29 is 14.3 Å². The Bertz CT molecular complexity index is 361. The molecule has 0 amide bonds. The first-order valence-corrected chi connectivity index (χ1v) is 10.4. The Morgan fingerprint density at radius 1 is 1.05 bits per heavy atom. The molecule has 0 heterocycles. The van der Waals surface area contributed by atoms with E-state index >= 15 is 0 Å². The van der Waals surface area contributed by atoms with Crippen LogP contribution in [-0.2, 0) is 21.2 Å². The van der Waals surface area contributed by atoms with Crippen LogP contribution in [0.2, 0.25) is 19.6 Å². The lowest BCUT2D eigenvalue weighted by Crippen LogP contribution is -2.26. The van der Waals surface area contributed by atoms with Crippen molar-refractivity contribution in [3.05, 3.63) is 35.4 Å². The van der Waals surface area contributed by atoms with E-state index < -0.39 is 13.9 Å². The Balaban J connectivity index is 0.00000110. The predicted molar refractivity (Wildman–Crippen MR) is 87.6 cm³/mol. The second-order valence-electron chi connectivity index (χ2n) is 6.38. The molecule has 0 saturated carbocycles. The van der Waals surface area contributed by atoms with Gasteiger partial charge in [-0.15, -0.1) is 0 Å². The molecule has 0 radical (unpaired) electrons. The van der Waals surface area contributed by atoms with Gasteiger partial charge in [0.15, 0.2) is 8.32 Å². The standard InChI is InChI=1S/C14H24O2Si.C2H6O/c1-14(2,15)13-8-6-12(7-9-13)10-11-16-17(3,4)5;1-3-2/h6-9,15H,10-11H2,1-5H3;1-2H3. The highest BCUT2D eigenvalue weighted by Gasteiger charge is 2.15. The normalized spacial score (nSPS) is 11.8. The lowest BCUT2D eigenvalue weighted by molar-refractivity contribution is 0.0786. The van der Waals surface area contributed by atoms with Crippen LogP contribution in [0.15, 0.2) is 24.3 Å². The molecule has 0 fully saturated rings. The molecular formula is C16H30O3Si. The number of hydrogen-bond acceptors (Lipinski definition) is 3. The second-order valence-corrected chi connectivity index (χ2v) is 10.9. The number of benzene rings is 1. The van der Waals surface area contributed by atoms with Gasteiger partial charge in [0.25, 0.3) is 0 Å². The van der Waals surface area contributed by atoms with Crippen LogP contribution in [0.4, 0.5) is 0 Å². The van der Waals surface area contributed by atoms with Gasteiger partial charge >= 0.3 is 0 Å². The predicted octanol–water partition coefficient (Wildman–Crippen LogP) is 3.57. The number of ether oxygens (including phenoxy) is 1. The monoisotopic (exact) mass is 298 g/mol. The molecule has 1 aromatic rings. The molecule has 1 N–H and O–H groups in total. The molecular weight excluding hydrogens is 268 g/mol. The average Bonchev–Trinajstić information content (AvgIpc) is 2.28. The summed E-state index contributed by atoms with van der Waals surface area (Å²) in [4.78, 5) is 0. The van der Waals surface area contributed by atoms with Gasteiger partial charge in [0.2, 0.25) is 0 Å². The first-order valence-electron chi connectivity index (χ1n) is 6.96. The van der Waals surface area contributed by atoms with E-state index in [1.165, 1.54) is 5.56 Å². The second kappa shape index (κ2) is 8.57. The zero-order valence-electron chi connectivity index (χ0n) is 14.0. The zero-order valence-corrected chi connectivity index (χ0v) is 15.0. The summed E-state index contributed by atoms with van der Waals surface area (Å²) in [5.41, 5.74) is 1.46. The molecule has 3 nitrogen and oxygen atoms in total. The molecule has 0 atom stereocenters. The summed E-state index contributed by atoms with van der Waals surface area (Å²) in [7, 11) is 1.86. The maximum Gasteiger partial charge on any atom is 0.183 e. The zero-order chi connectivity index (χ0) is 15.8. The highest BCUT2D eigenvalue weighted by molar-refractivity contribution is 6.69. The fraction of sp³-hybridized carbons (Fsp3) is 0.625. The minimum Gasteiger partial charge on any atom is -0.417 e. The highest BCUT2D eigenvalue weighted by atomic mass is 28.4. The maximum atomic E-state index is 9.84. The van der Waals surface area contributed by atoms with Crippen LogP contribution in [0.5, 0.6) is 0 Å². The summed E-state index contributed by atoms with van der Waals surface area (Å²) in [5.74, 6) is 0. The number of aliphatic hydroxyl groups is 1. The van der Waals surface area contributed by atoms with Gasteiger partial charge < -0.3 is 14.3 Å². The smallest absolute Gasteiger partial charge is 0.183 e. The summed E-state index contributed by atoms with van der Waals surface area (Å²) in [6.07, 6.45) is 0.941. The van der Waals surface area contributed by atoms with Gasteiger partial charge in [-0.3, -0.25) is 0 Å². The SMILES string of the molecule is CC(C)(O)c1ccc(CCO[Si](C)(C)C)cc1.COC. The number of hydrogen-bond donors (Lipinski definition) is 1. The molecule has 20 heavy (non-hydrogen) atoms. The highest BCUT2D eigenvalue weighted by Crippen LogP contribution is 2.19. The first-order chi connectivity index (χ1) is 9.10. The molecule has 116 valence electrons. The quantitative estimate of drug-likeness (QED) is 0.845. The van der Waals surface area contributed by atoms with Crippen LogP contribution in [-0.4, -0.2) is 34.3 Å². The third-order valence-corrected chi connectivity index (χ3v) is 3.66. The van der Waals surface area contributed by atoms with Gasteiger partial charge in [-0.05, 0) is 51.0 Å². The summed E-state index contributed by atoms with van der Waals surface area (Å²) >= 11 is 0. The summed E-state index contributed by atoms with van der Waals surface area (Å²) in [6, 6.07) is 8.12. The maximum absolute atomic E-state index is 9.84. The molecule has 0 aliphatic carbocycles. The molecule has 0 spiro atoms. The van der Waals surface area contributed by atoms with Gasteiger partial charge in [-0.1, -0.05) is 24.3 Å². The van der Waals surface area contributed by atoms with E-state index in [1.807, 2.05) is 12.1 Å². The third-order valence-electron chi connectivity index (χ3n) is 2.59.